The van der Waals surface area contributed by atoms with Crippen molar-refractivity contribution in [1.82, 2.24) is 0 Å². The highest BCUT2D eigenvalue weighted by Gasteiger charge is 2.28. The Balaban J connectivity index is 3.01. The first kappa shape index (κ1) is 14.1. The fourth-order valence-corrected chi connectivity index (χ4v) is 3.41. The molecule has 1 aromatic rings. The minimum atomic E-state index is -2.26. The van der Waals surface area contributed by atoms with Crippen LogP contribution in [0.2, 0.25) is 28.2 Å². The van der Waals surface area contributed by atoms with E-state index in [4.69, 9.17) is 43.7 Å². The van der Waals surface area contributed by atoms with Crippen molar-refractivity contribution in [3.63, 3.8) is 0 Å². The Kier molecular flexibility index (Phi) is 4.95. The van der Waals surface area contributed by atoms with Crippen LogP contribution in [0.1, 0.15) is 6.92 Å². The predicted octanol–water partition coefficient (Wildman–Crippen LogP) is 4.76. The molecule has 1 aromatic carbocycles. The van der Waals surface area contributed by atoms with Crippen LogP contribution in [0.25, 0.3) is 0 Å². The summed E-state index contributed by atoms with van der Waals surface area (Å²) < 4.78 is 11.3. The van der Waals surface area contributed by atoms with Gasteiger partial charge in [-0.15, -0.1) is 0 Å². The van der Waals surface area contributed by atoms with E-state index >= 15 is 0 Å². The average Bonchev–Trinajstić information content (AvgIpc) is 2.19. The van der Waals surface area contributed by atoms with Gasteiger partial charge in [0, 0.05) is 6.61 Å². The van der Waals surface area contributed by atoms with Crippen molar-refractivity contribution >= 4 is 43.4 Å². The molecule has 0 aliphatic carbocycles. The van der Waals surface area contributed by atoms with Crippen molar-refractivity contribution in [2.75, 3.05) is 6.61 Å². The topological polar surface area (TPSA) is 18.5 Å². The lowest BCUT2D eigenvalue weighted by Gasteiger charge is -2.24. The van der Waals surface area contributed by atoms with Crippen molar-refractivity contribution in [1.29, 1.82) is 0 Å². The third-order valence-corrected chi connectivity index (χ3v) is 4.61. The van der Waals surface area contributed by atoms with Crippen LogP contribution in [0.4, 0.5) is 0 Å². The Morgan fingerprint density at radius 3 is 2.25 bits per heavy atom. The van der Waals surface area contributed by atoms with E-state index in [0.717, 1.165) is 0 Å². The summed E-state index contributed by atoms with van der Waals surface area (Å²) in [5, 5.41) is 1.19. The summed E-state index contributed by atoms with van der Waals surface area (Å²) in [7, 11) is -2.26. The molecule has 16 heavy (non-hydrogen) atoms. The van der Waals surface area contributed by atoms with Gasteiger partial charge in [0.1, 0.15) is 10.8 Å². The molecule has 90 valence electrons. The van der Waals surface area contributed by atoms with E-state index in [2.05, 4.69) is 0 Å². The number of rotatable bonds is 4. The molecule has 0 spiro atoms. The van der Waals surface area contributed by atoms with Gasteiger partial charge in [0.05, 0.1) is 10.0 Å². The van der Waals surface area contributed by atoms with Crippen molar-refractivity contribution in [3.8, 4) is 5.75 Å². The highest BCUT2D eigenvalue weighted by atomic mass is 35.5. The first-order chi connectivity index (χ1) is 7.37. The van der Waals surface area contributed by atoms with Gasteiger partial charge in [-0.3, -0.25) is 0 Å². The van der Waals surface area contributed by atoms with Crippen LogP contribution in [0, 0.1) is 0 Å². The number of benzene rings is 1. The van der Waals surface area contributed by atoms with Crippen LogP contribution in [-0.2, 0) is 4.43 Å². The minimum absolute atomic E-state index is 0.328. The second-order valence-corrected chi connectivity index (χ2v) is 8.09. The van der Waals surface area contributed by atoms with Crippen molar-refractivity contribution in [2.24, 2.45) is 0 Å². The standard InChI is InChI=1S/C10H13Cl3O2Si/c1-4-14-16(2,3)15-10-8(12)6-5-7(11)9(10)13/h5-6H,4H2,1-3H3. The fraction of sp³-hybridized carbons (Fsp3) is 0.400. The molecule has 1 rings (SSSR count). The van der Waals surface area contributed by atoms with Crippen LogP contribution >= 0.6 is 34.8 Å². The molecule has 2 nitrogen and oxygen atoms in total. The molecule has 0 unspecified atom stereocenters. The van der Waals surface area contributed by atoms with Gasteiger partial charge in [-0.05, 0) is 32.2 Å². The van der Waals surface area contributed by atoms with Crippen molar-refractivity contribution < 1.29 is 8.85 Å². The summed E-state index contributed by atoms with van der Waals surface area (Å²) in [5.41, 5.74) is 0. The molecule has 0 fully saturated rings. The van der Waals surface area contributed by atoms with Crippen LogP contribution in [-0.4, -0.2) is 15.2 Å². The average molecular weight is 300 g/mol. The molecule has 6 heteroatoms. The smallest absolute Gasteiger partial charge is 0.392 e. The second kappa shape index (κ2) is 5.60. The van der Waals surface area contributed by atoms with E-state index in [-0.39, 0.29) is 0 Å². The first-order valence-electron chi connectivity index (χ1n) is 4.84. The third-order valence-electron chi connectivity index (χ3n) is 1.84. The van der Waals surface area contributed by atoms with Crippen LogP contribution in [0.15, 0.2) is 12.1 Å². The van der Waals surface area contributed by atoms with E-state index in [1.165, 1.54) is 0 Å². The maximum atomic E-state index is 6.03. The van der Waals surface area contributed by atoms with E-state index in [0.29, 0.717) is 27.4 Å². The molecule has 0 saturated heterocycles. The largest absolute Gasteiger partial charge is 0.518 e. The van der Waals surface area contributed by atoms with Gasteiger partial charge in [0.25, 0.3) is 0 Å². The van der Waals surface area contributed by atoms with Crippen molar-refractivity contribution in [3.05, 3.63) is 27.2 Å². The normalized spacial score (nSPS) is 11.6. The summed E-state index contributed by atoms with van der Waals surface area (Å²) in [6.07, 6.45) is 0. The van der Waals surface area contributed by atoms with Gasteiger partial charge in [-0.1, -0.05) is 34.8 Å². The van der Waals surface area contributed by atoms with E-state index < -0.39 is 8.56 Å². The molecular formula is C10H13Cl3O2Si. The lowest BCUT2D eigenvalue weighted by molar-refractivity contribution is 0.264. The molecule has 0 bridgehead atoms. The molecule has 0 amide bonds. The Bertz CT molecular complexity index is 383. The zero-order chi connectivity index (χ0) is 12.3. The lowest BCUT2D eigenvalue weighted by Crippen LogP contribution is -2.38. The monoisotopic (exact) mass is 298 g/mol. The number of hydrogen-bond donors (Lipinski definition) is 0. The summed E-state index contributed by atoms with van der Waals surface area (Å²) in [5.74, 6) is 0.404. The molecule has 0 aliphatic heterocycles. The van der Waals surface area contributed by atoms with Crippen LogP contribution in [0.5, 0.6) is 5.75 Å². The van der Waals surface area contributed by atoms with Gasteiger partial charge in [0.15, 0.2) is 0 Å². The summed E-state index contributed by atoms with van der Waals surface area (Å²) in [6.45, 7) is 6.35. The van der Waals surface area contributed by atoms with E-state index in [1.807, 2.05) is 20.0 Å². The zero-order valence-electron chi connectivity index (χ0n) is 9.31. The maximum Gasteiger partial charge on any atom is 0.392 e. The molecule has 0 aliphatic rings. The van der Waals surface area contributed by atoms with Gasteiger partial charge in [0.2, 0.25) is 0 Å². The quantitative estimate of drug-likeness (QED) is 0.589. The van der Waals surface area contributed by atoms with Gasteiger partial charge in [-0.2, -0.15) is 0 Å². The Morgan fingerprint density at radius 1 is 1.12 bits per heavy atom. The molecule has 0 aromatic heterocycles. The zero-order valence-corrected chi connectivity index (χ0v) is 12.6. The Hall–Kier alpha value is 0.0669. The highest BCUT2D eigenvalue weighted by molar-refractivity contribution is 6.65. The van der Waals surface area contributed by atoms with E-state index in [1.54, 1.807) is 12.1 Å². The van der Waals surface area contributed by atoms with Crippen molar-refractivity contribution in [2.45, 2.75) is 20.0 Å². The molecule has 0 heterocycles. The summed E-state index contributed by atoms with van der Waals surface area (Å²) in [4.78, 5) is 0. The molecular weight excluding hydrogens is 287 g/mol. The van der Waals surface area contributed by atoms with Gasteiger partial charge in [-0.25, -0.2) is 0 Å². The number of hydrogen-bond acceptors (Lipinski definition) is 2. The molecule has 0 atom stereocenters. The second-order valence-electron chi connectivity index (χ2n) is 3.61. The molecule has 0 radical (unpaired) electrons. The van der Waals surface area contributed by atoms with Crippen LogP contribution in [0.3, 0.4) is 0 Å². The molecule has 0 N–H and O–H groups in total. The van der Waals surface area contributed by atoms with Crippen LogP contribution < -0.4 is 4.43 Å². The molecule has 0 saturated carbocycles. The Labute approximate surface area is 112 Å². The lowest BCUT2D eigenvalue weighted by atomic mass is 10.3. The predicted molar refractivity (Wildman–Crippen MR) is 71.2 cm³/mol. The van der Waals surface area contributed by atoms with Gasteiger partial charge >= 0.3 is 8.56 Å². The first-order valence-corrected chi connectivity index (χ1v) is 8.79. The fourth-order valence-electron chi connectivity index (χ4n) is 1.22. The maximum absolute atomic E-state index is 6.03. The minimum Gasteiger partial charge on any atom is -0.518 e. The van der Waals surface area contributed by atoms with E-state index in [9.17, 15) is 0 Å². The summed E-state index contributed by atoms with van der Waals surface area (Å²) in [6, 6.07) is 3.29. The SMILES string of the molecule is CCO[Si](C)(C)Oc1c(Cl)ccc(Cl)c1Cl. The Morgan fingerprint density at radius 2 is 1.69 bits per heavy atom. The van der Waals surface area contributed by atoms with Gasteiger partial charge < -0.3 is 8.85 Å². The highest BCUT2D eigenvalue weighted by Crippen LogP contribution is 2.39. The summed E-state index contributed by atoms with van der Waals surface area (Å²) >= 11 is 17.9. The third kappa shape index (κ3) is 3.53. The number of halogens is 3.